The van der Waals surface area contributed by atoms with Gasteiger partial charge in [0.25, 0.3) is 5.91 Å². The Kier molecular flexibility index (Phi) is 7.41. The Hall–Kier alpha value is -4.30. The van der Waals surface area contributed by atoms with Gasteiger partial charge in [-0.2, -0.15) is 0 Å². The van der Waals surface area contributed by atoms with Gasteiger partial charge < -0.3 is 28.7 Å². The van der Waals surface area contributed by atoms with E-state index in [1.807, 2.05) is 71.4 Å². The van der Waals surface area contributed by atoms with Gasteiger partial charge in [0.2, 0.25) is 5.91 Å². The molecule has 3 heterocycles. The van der Waals surface area contributed by atoms with Crippen molar-refractivity contribution in [2.75, 3.05) is 58.5 Å². The van der Waals surface area contributed by atoms with Gasteiger partial charge in [-0.15, -0.1) is 0 Å². The molecule has 0 N–H and O–H groups in total. The van der Waals surface area contributed by atoms with Crippen LogP contribution in [0.2, 0.25) is 0 Å². The number of ether oxygens (including phenoxy) is 2. The molecular weight excluding hydrogens is 516 g/mol. The first-order valence-electron chi connectivity index (χ1n) is 14.1. The highest BCUT2D eigenvalue weighted by Crippen LogP contribution is 2.46. The number of hydrogen-bond donors (Lipinski definition) is 0. The average Bonchev–Trinajstić information content (AvgIpc) is 3.36. The molecule has 8 nitrogen and oxygen atoms in total. The van der Waals surface area contributed by atoms with E-state index < -0.39 is 12.0 Å². The molecule has 2 amide bonds. The summed E-state index contributed by atoms with van der Waals surface area (Å²) in [4.78, 5) is 34.7. The van der Waals surface area contributed by atoms with Crippen LogP contribution < -0.4 is 9.64 Å². The summed E-state index contributed by atoms with van der Waals surface area (Å²) in [5.41, 5.74) is 4.47. The number of para-hydroxylation sites is 3. The maximum absolute atomic E-state index is 14.6. The first-order chi connectivity index (χ1) is 20.0. The fourth-order valence-corrected chi connectivity index (χ4v) is 6.50. The van der Waals surface area contributed by atoms with Crippen LogP contribution in [0, 0.1) is 0 Å². The largest absolute Gasteiger partial charge is 0.495 e. The van der Waals surface area contributed by atoms with E-state index in [0.29, 0.717) is 44.9 Å². The Labute approximate surface area is 240 Å². The fraction of sp³-hybridized carbons (Fsp3) is 0.333. The van der Waals surface area contributed by atoms with E-state index in [0.717, 1.165) is 33.5 Å². The van der Waals surface area contributed by atoms with Crippen molar-refractivity contribution in [3.63, 3.8) is 0 Å². The predicted octanol–water partition coefficient (Wildman–Crippen LogP) is 4.46. The lowest BCUT2D eigenvalue weighted by Crippen LogP contribution is -2.53. The van der Waals surface area contributed by atoms with Crippen LogP contribution in [-0.2, 0) is 16.6 Å². The number of aryl methyl sites for hydroxylation is 1. The minimum absolute atomic E-state index is 0.0463. The summed E-state index contributed by atoms with van der Waals surface area (Å²) in [7, 11) is 5.33. The third-order valence-corrected chi connectivity index (χ3v) is 8.50. The standard InChI is InChI=1S/C33H36N4O4/c1-34-22-26(23-10-6-7-13-27(23)34)31-30(24-11-4-5-12-25(24)32(38)37(31)20-21-40-2)33(39)36-18-16-35(17-19-36)28-14-8-9-15-29(28)41-3/h4-15,22,30-31H,16-21H2,1-3H3. The Morgan fingerprint density at radius 3 is 2.37 bits per heavy atom. The zero-order chi connectivity index (χ0) is 28.5. The van der Waals surface area contributed by atoms with Crippen LogP contribution in [0.5, 0.6) is 5.75 Å². The van der Waals surface area contributed by atoms with Gasteiger partial charge in [0.15, 0.2) is 0 Å². The lowest BCUT2D eigenvalue weighted by atomic mass is 9.78. The predicted molar refractivity (Wildman–Crippen MR) is 160 cm³/mol. The average molecular weight is 553 g/mol. The van der Waals surface area contributed by atoms with Crippen molar-refractivity contribution in [1.82, 2.24) is 14.4 Å². The summed E-state index contributed by atoms with van der Waals surface area (Å²) < 4.78 is 13.1. The van der Waals surface area contributed by atoms with E-state index in [2.05, 4.69) is 33.9 Å². The summed E-state index contributed by atoms with van der Waals surface area (Å²) >= 11 is 0. The molecule has 2 unspecified atom stereocenters. The number of anilines is 1. The van der Waals surface area contributed by atoms with Crippen LogP contribution in [0.4, 0.5) is 5.69 Å². The zero-order valence-corrected chi connectivity index (χ0v) is 23.8. The Balaban J connectivity index is 1.40. The number of hydrogen-bond acceptors (Lipinski definition) is 5. The number of methoxy groups -OCH3 is 2. The summed E-state index contributed by atoms with van der Waals surface area (Å²) in [6.45, 7) is 3.35. The molecular formula is C33H36N4O4. The summed E-state index contributed by atoms with van der Waals surface area (Å²) in [6, 6.07) is 23.3. The Morgan fingerprint density at radius 2 is 1.59 bits per heavy atom. The van der Waals surface area contributed by atoms with Gasteiger partial charge >= 0.3 is 0 Å². The summed E-state index contributed by atoms with van der Waals surface area (Å²) in [5, 5.41) is 1.05. The van der Waals surface area contributed by atoms with Gasteiger partial charge in [0.1, 0.15) is 5.75 Å². The molecule has 8 heteroatoms. The van der Waals surface area contributed by atoms with Gasteiger partial charge in [-0.1, -0.05) is 48.5 Å². The summed E-state index contributed by atoms with van der Waals surface area (Å²) in [6.07, 6.45) is 2.08. The molecule has 0 radical (unpaired) electrons. The first-order valence-corrected chi connectivity index (χ1v) is 14.1. The normalized spacial score (nSPS) is 19.0. The number of aromatic nitrogens is 1. The molecule has 2 atom stereocenters. The fourth-order valence-electron chi connectivity index (χ4n) is 6.50. The molecule has 1 fully saturated rings. The van der Waals surface area contributed by atoms with Crippen molar-refractivity contribution >= 4 is 28.4 Å². The van der Waals surface area contributed by atoms with E-state index in [-0.39, 0.29) is 11.8 Å². The van der Waals surface area contributed by atoms with Crippen molar-refractivity contribution in [3.8, 4) is 5.75 Å². The lowest BCUT2D eigenvalue weighted by Gasteiger charge is -2.44. The van der Waals surface area contributed by atoms with E-state index in [1.54, 1.807) is 14.2 Å². The number of carbonyl (C=O) groups is 2. The molecule has 4 aromatic rings. The zero-order valence-electron chi connectivity index (χ0n) is 23.8. The third kappa shape index (κ3) is 4.72. The van der Waals surface area contributed by atoms with Gasteiger partial charge in [-0.05, 0) is 29.8 Å². The van der Waals surface area contributed by atoms with Crippen molar-refractivity contribution in [2.24, 2.45) is 7.05 Å². The van der Waals surface area contributed by atoms with Crippen LogP contribution in [-0.4, -0.2) is 79.7 Å². The SMILES string of the molecule is COCCN1C(=O)c2ccccc2C(C(=O)N2CCN(c3ccccc3OC)CC2)C1c1cn(C)c2ccccc12. The molecule has 41 heavy (non-hydrogen) atoms. The van der Waals surface area contributed by atoms with Crippen LogP contribution in [0.15, 0.2) is 79.0 Å². The van der Waals surface area contributed by atoms with Crippen LogP contribution in [0.3, 0.4) is 0 Å². The quantitative estimate of drug-likeness (QED) is 0.339. The summed E-state index contributed by atoms with van der Waals surface area (Å²) in [5.74, 6) is 0.270. The number of rotatable bonds is 7. The van der Waals surface area contributed by atoms with E-state index >= 15 is 0 Å². The molecule has 0 aliphatic carbocycles. The van der Waals surface area contributed by atoms with E-state index in [4.69, 9.17) is 9.47 Å². The number of amides is 2. The Bertz CT molecular complexity index is 1570. The number of fused-ring (bicyclic) bond motifs is 2. The van der Waals surface area contributed by atoms with E-state index in [9.17, 15) is 9.59 Å². The lowest BCUT2D eigenvalue weighted by molar-refractivity contribution is -0.135. The van der Waals surface area contributed by atoms with Crippen LogP contribution in [0.25, 0.3) is 10.9 Å². The maximum Gasteiger partial charge on any atom is 0.254 e. The number of nitrogens with zero attached hydrogens (tertiary/aromatic N) is 4. The molecule has 212 valence electrons. The monoisotopic (exact) mass is 552 g/mol. The van der Waals surface area contributed by atoms with Crippen molar-refractivity contribution in [3.05, 3.63) is 95.7 Å². The van der Waals surface area contributed by atoms with Crippen LogP contribution >= 0.6 is 0 Å². The van der Waals surface area contributed by atoms with Gasteiger partial charge in [0.05, 0.1) is 31.4 Å². The minimum Gasteiger partial charge on any atom is -0.495 e. The van der Waals surface area contributed by atoms with E-state index in [1.165, 1.54) is 0 Å². The minimum atomic E-state index is -0.538. The highest BCUT2D eigenvalue weighted by molar-refractivity contribution is 6.02. The molecule has 3 aromatic carbocycles. The number of carbonyl (C=O) groups excluding carboxylic acids is 2. The molecule has 0 spiro atoms. The van der Waals surface area contributed by atoms with Gasteiger partial charge in [-0.3, -0.25) is 9.59 Å². The van der Waals surface area contributed by atoms with Crippen molar-refractivity contribution in [1.29, 1.82) is 0 Å². The second kappa shape index (κ2) is 11.3. The van der Waals surface area contributed by atoms with Crippen molar-refractivity contribution in [2.45, 2.75) is 12.0 Å². The molecule has 2 aliphatic heterocycles. The van der Waals surface area contributed by atoms with Crippen LogP contribution in [0.1, 0.15) is 33.4 Å². The molecule has 0 bridgehead atoms. The van der Waals surface area contributed by atoms with Crippen molar-refractivity contribution < 1.29 is 19.1 Å². The molecule has 2 aliphatic rings. The number of benzene rings is 3. The molecule has 6 rings (SSSR count). The van der Waals surface area contributed by atoms with Gasteiger partial charge in [-0.25, -0.2) is 0 Å². The third-order valence-electron chi connectivity index (χ3n) is 8.50. The topological polar surface area (TPSA) is 67.2 Å². The molecule has 0 saturated carbocycles. The second-order valence-electron chi connectivity index (χ2n) is 10.7. The number of piperazine rings is 1. The maximum atomic E-state index is 14.6. The molecule has 1 aromatic heterocycles. The Morgan fingerprint density at radius 1 is 0.878 bits per heavy atom. The highest BCUT2D eigenvalue weighted by atomic mass is 16.5. The smallest absolute Gasteiger partial charge is 0.254 e. The first kappa shape index (κ1) is 26.9. The van der Waals surface area contributed by atoms with Gasteiger partial charge in [0, 0.05) is 75.1 Å². The highest BCUT2D eigenvalue weighted by Gasteiger charge is 2.46. The second-order valence-corrected chi connectivity index (χ2v) is 10.7. The molecule has 1 saturated heterocycles.